The highest BCUT2D eigenvalue weighted by molar-refractivity contribution is 9.10. The zero-order valence-electron chi connectivity index (χ0n) is 24.0. The van der Waals surface area contributed by atoms with Gasteiger partial charge < -0.3 is 34.6 Å². The van der Waals surface area contributed by atoms with Crippen LogP contribution in [0.2, 0.25) is 0 Å². The van der Waals surface area contributed by atoms with Gasteiger partial charge in [0.05, 0.1) is 24.9 Å². The molecule has 0 spiro atoms. The quantitative estimate of drug-likeness (QED) is 0.301. The number of halogens is 3. The summed E-state index contributed by atoms with van der Waals surface area (Å²) < 4.78 is 42.6. The number of anilines is 1. The Balaban J connectivity index is 1.56. The molecule has 2 aliphatic rings. The van der Waals surface area contributed by atoms with Crippen LogP contribution in [0.15, 0.2) is 41.0 Å². The summed E-state index contributed by atoms with van der Waals surface area (Å²) in [5.41, 5.74) is 1.12. The fraction of sp³-hybridized carbons (Fsp3) is 0.448. The smallest absolute Gasteiger partial charge is 0.259 e. The van der Waals surface area contributed by atoms with Crippen LogP contribution in [0.3, 0.4) is 0 Å². The van der Waals surface area contributed by atoms with Gasteiger partial charge in [-0.25, -0.2) is 13.5 Å². The van der Waals surface area contributed by atoms with E-state index in [2.05, 4.69) is 26.2 Å². The zero-order chi connectivity index (χ0) is 31.9. The number of amides is 2. The van der Waals surface area contributed by atoms with Gasteiger partial charge in [0, 0.05) is 35.9 Å². The number of carbonyl (C=O) groups is 2. The Morgan fingerprint density at radius 1 is 1.20 bits per heavy atom. The average Bonchev–Trinajstić information content (AvgIpc) is 3.62. The van der Waals surface area contributed by atoms with E-state index >= 15 is 0 Å². The van der Waals surface area contributed by atoms with Crippen molar-refractivity contribution in [3.63, 3.8) is 0 Å². The maximum Gasteiger partial charge on any atom is 0.259 e. The normalized spacial score (nSPS) is 27.0. The van der Waals surface area contributed by atoms with Crippen LogP contribution in [-0.4, -0.2) is 111 Å². The predicted molar refractivity (Wildman–Crippen MR) is 155 cm³/mol. The first-order chi connectivity index (χ1) is 21.0. The molecule has 0 saturated carbocycles. The Kier molecular flexibility index (Phi) is 9.44. The number of hydrogen-bond acceptors (Lipinski definition) is 9. The third-order valence-corrected chi connectivity index (χ3v) is 8.52. The van der Waals surface area contributed by atoms with E-state index in [9.17, 15) is 33.7 Å². The molecule has 2 amide bonds. The summed E-state index contributed by atoms with van der Waals surface area (Å²) in [7, 11) is 1.30. The van der Waals surface area contributed by atoms with E-state index in [1.54, 1.807) is 12.1 Å². The van der Waals surface area contributed by atoms with Crippen molar-refractivity contribution in [1.29, 1.82) is 0 Å². The van der Waals surface area contributed by atoms with E-state index in [0.717, 1.165) is 5.56 Å². The van der Waals surface area contributed by atoms with Crippen LogP contribution in [0.5, 0.6) is 0 Å². The largest absolute Gasteiger partial charge is 0.394 e. The Bertz CT molecular complexity index is 1520. The highest BCUT2D eigenvalue weighted by atomic mass is 79.9. The average molecular weight is 681 g/mol. The molecule has 2 saturated heterocycles. The first kappa shape index (κ1) is 32.1. The van der Waals surface area contributed by atoms with E-state index < -0.39 is 66.8 Å². The molecule has 5 rings (SSSR count). The van der Waals surface area contributed by atoms with E-state index in [4.69, 9.17) is 9.47 Å². The van der Waals surface area contributed by atoms with Gasteiger partial charge in [-0.15, -0.1) is 5.10 Å². The molecule has 236 valence electrons. The SMILES string of the molecule is CO[C@@H]1[C@@H](n2cc(-c3ccc(C)c(F)c3F)nn2)[C@@H](O)[C@@H](CO)O[C@H]1C(=O)N(c1cc(C)cc(Br)c1)[C@H]1CN(C=O)C[C@@H]1O. The fourth-order valence-corrected chi connectivity index (χ4v) is 6.46. The minimum absolute atomic E-state index is 0.00264. The van der Waals surface area contributed by atoms with Gasteiger partial charge in [0.1, 0.15) is 30.0 Å². The minimum Gasteiger partial charge on any atom is -0.394 e. The van der Waals surface area contributed by atoms with Crippen molar-refractivity contribution >= 4 is 33.9 Å². The summed E-state index contributed by atoms with van der Waals surface area (Å²) >= 11 is 3.45. The lowest BCUT2D eigenvalue weighted by molar-refractivity contribution is -0.211. The Labute approximate surface area is 259 Å². The molecule has 0 radical (unpaired) electrons. The highest BCUT2D eigenvalue weighted by Crippen LogP contribution is 2.36. The third kappa shape index (κ3) is 5.87. The van der Waals surface area contributed by atoms with Crippen molar-refractivity contribution in [3.05, 3.63) is 63.8 Å². The van der Waals surface area contributed by atoms with Crippen LogP contribution in [0.4, 0.5) is 14.5 Å². The van der Waals surface area contributed by atoms with Crippen LogP contribution in [0, 0.1) is 25.5 Å². The number of hydrogen-bond donors (Lipinski definition) is 3. The number of aryl methyl sites for hydroxylation is 2. The predicted octanol–water partition coefficient (Wildman–Crippen LogP) is 1.51. The van der Waals surface area contributed by atoms with Crippen molar-refractivity contribution in [2.75, 3.05) is 31.7 Å². The van der Waals surface area contributed by atoms with E-state index in [1.165, 1.54) is 46.8 Å². The summed E-state index contributed by atoms with van der Waals surface area (Å²) in [6.45, 7) is 2.61. The van der Waals surface area contributed by atoms with Crippen LogP contribution >= 0.6 is 15.9 Å². The van der Waals surface area contributed by atoms with Gasteiger partial charge in [-0.1, -0.05) is 27.2 Å². The summed E-state index contributed by atoms with van der Waals surface area (Å²) in [4.78, 5) is 28.7. The molecule has 2 aromatic carbocycles. The summed E-state index contributed by atoms with van der Waals surface area (Å²) in [6.07, 6.45) is -4.65. The molecule has 0 unspecified atom stereocenters. The molecule has 0 aliphatic carbocycles. The van der Waals surface area contributed by atoms with Crippen molar-refractivity contribution < 1.29 is 43.2 Å². The van der Waals surface area contributed by atoms with Crippen molar-refractivity contribution in [2.24, 2.45) is 0 Å². The zero-order valence-corrected chi connectivity index (χ0v) is 25.6. The van der Waals surface area contributed by atoms with Crippen LogP contribution in [-0.2, 0) is 19.1 Å². The Hall–Kier alpha value is -3.34. The molecule has 3 aromatic rings. The molecule has 44 heavy (non-hydrogen) atoms. The van der Waals surface area contributed by atoms with Gasteiger partial charge >= 0.3 is 0 Å². The number of β-amino-alcohol motifs (C(OH)–C–C–N with tert-alkyl or cyclic N) is 1. The maximum atomic E-state index is 14.8. The molecule has 0 bridgehead atoms. The lowest BCUT2D eigenvalue weighted by Gasteiger charge is -2.45. The van der Waals surface area contributed by atoms with Gasteiger partial charge in [0.25, 0.3) is 5.91 Å². The highest BCUT2D eigenvalue weighted by Gasteiger charge is 2.52. The number of methoxy groups -OCH3 is 1. The van der Waals surface area contributed by atoms with Crippen molar-refractivity contribution in [2.45, 2.75) is 56.5 Å². The van der Waals surface area contributed by atoms with Gasteiger partial charge in [-0.2, -0.15) is 0 Å². The number of aromatic nitrogens is 3. The number of aliphatic hydroxyl groups is 3. The number of ether oxygens (including phenoxy) is 2. The summed E-state index contributed by atoms with van der Waals surface area (Å²) in [6, 6.07) is 5.96. The third-order valence-electron chi connectivity index (χ3n) is 8.06. The molecule has 15 heteroatoms. The molecular formula is C29H32BrF2N5O7. The molecule has 3 N–H and O–H groups in total. The number of rotatable bonds is 8. The van der Waals surface area contributed by atoms with Crippen LogP contribution < -0.4 is 4.90 Å². The number of carbonyl (C=O) groups excluding carboxylic acids is 2. The lowest BCUT2D eigenvalue weighted by Crippen LogP contribution is -2.63. The van der Waals surface area contributed by atoms with Crippen molar-refractivity contribution in [3.8, 4) is 11.3 Å². The number of aliphatic hydroxyl groups excluding tert-OH is 3. The molecular weight excluding hydrogens is 648 g/mol. The van der Waals surface area contributed by atoms with E-state index in [1.807, 2.05) is 13.0 Å². The fourth-order valence-electron chi connectivity index (χ4n) is 5.86. The van der Waals surface area contributed by atoms with Crippen LogP contribution in [0.1, 0.15) is 17.2 Å². The first-order valence-electron chi connectivity index (χ1n) is 13.8. The minimum atomic E-state index is -1.47. The standard InChI is InChI=1S/C29H32BrF2N5O7/c1-14-6-16(30)8-17(7-14)37(20-10-35(13-39)11-21(20)40)29(42)28-27(43-3)25(26(41)22(12-38)44-28)36-9-19(33-34-36)18-5-4-15(2)23(31)24(18)32/h4-9,13,20-22,25-28,38,40-41H,10-12H2,1-3H3/t20-,21-,22+,25-,26-,27+,28+/m0/s1. The summed E-state index contributed by atoms with van der Waals surface area (Å²) in [5.74, 6) is -2.82. The van der Waals surface area contributed by atoms with Gasteiger partial charge in [0.15, 0.2) is 17.7 Å². The number of nitrogens with zero attached hydrogens (tertiary/aromatic N) is 5. The summed E-state index contributed by atoms with van der Waals surface area (Å²) in [5, 5.41) is 40.3. The number of likely N-dealkylation sites (tertiary alicyclic amines) is 1. The Morgan fingerprint density at radius 3 is 2.59 bits per heavy atom. The second-order valence-corrected chi connectivity index (χ2v) is 11.9. The second kappa shape index (κ2) is 12.9. The topological polar surface area (TPSA) is 150 Å². The first-order valence-corrected chi connectivity index (χ1v) is 14.6. The van der Waals surface area contributed by atoms with Crippen molar-refractivity contribution in [1.82, 2.24) is 19.9 Å². The molecule has 3 heterocycles. The maximum absolute atomic E-state index is 14.8. The van der Waals surface area contributed by atoms with Gasteiger partial charge in [-0.3, -0.25) is 9.59 Å². The molecule has 2 aliphatic heterocycles. The molecule has 12 nitrogen and oxygen atoms in total. The lowest BCUT2D eigenvalue weighted by atomic mass is 9.91. The number of benzene rings is 2. The van der Waals surface area contributed by atoms with Crippen LogP contribution in [0.25, 0.3) is 11.3 Å². The molecule has 7 atom stereocenters. The molecule has 1 aromatic heterocycles. The van der Waals surface area contributed by atoms with E-state index in [-0.39, 0.29) is 29.9 Å². The van der Waals surface area contributed by atoms with Gasteiger partial charge in [-0.05, 0) is 49.2 Å². The van der Waals surface area contributed by atoms with Gasteiger partial charge in [0.2, 0.25) is 6.41 Å². The second-order valence-electron chi connectivity index (χ2n) is 11.0. The van der Waals surface area contributed by atoms with E-state index in [0.29, 0.717) is 16.6 Å². The molecule has 2 fully saturated rings. The Morgan fingerprint density at radius 2 is 1.95 bits per heavy atom. The monoisotopic (exact) mass is 679 g/mol.